The summed E-state index contributed by atoms with van der Waals surface area (Å²) in [7, 11) is 2.18. The summed E-state index contributed by atoms with van der Waals surface area (Å²) in [5.41, 5.74) is 1.68. The number of hydrogen-bond donors (Lipinski definition) is 1. The molecular weight excluding hydrogens is 250 g/mol. The third-order valence-corrected chi connectivity index (χ3v) is 6.43. The Balaban J connectivity index is 1.76. The fraction of sp³-hybridized carbons (Fsp3) is 0.765. The maximum Gasteiger partial charge on any atom is 0.0161 e. The molecule has 1 fully saturated rings. The Morgan fingerprint density at radius 3 is 2.74 bits per heavy atom. The van der Waals surface area contributed by atoms with E-state index in [9.17, 15) is 0 Å². The van der Waals surface area contributed by atoms with Gasteiger partial charge in [0.05, 0.1) is 0 Å². The van der Waals surface area contributed by atoms with Gasteiger partial charge < -0.3 is 5.32 Å². The quantitative estimate of drug-likeness (QED) is 0.852. The third-order valence-electron chi connectivity index (χ3n) is 5.43. The zero-order chi connectivity index (χ0) is 13.2. The monoisotopic (exact) mass is 277 g/mol. The van der Waals surface area contributed by atoms with E-state index < -0.39 is 0 Å². The molecule has 0 spiro atoms. The zero-order valence-electron chi connectivity index (χ0n) is 12.3. The van der Waals surface area contributed by atoms with Crippen molar-refractivity contribution in [3.8, 4) is 0 Å². The predicted molar refractivity (Wildman–Crippen MR) is 84.0 cm³/mol. The molecule has 0 amide bonds. The van der Waals surface area contributed by atoms with E-state index in [1.165, 1.54) is 44.9 Å². The molecule has 106 valence electrons. The lowest BCUT2D eigenvalue weighted by atomic mass is 9.71. The first-order valence-corrected chi connectivity index (χ1v) is 8.91. The number of fused-ring (bicyclic) bond motifs is 1. The van der Waals surface area contributed by atoms with E-state index in [-0.39, 0.29) is 0 Å². The van der Waals surface area contributed by atoms with E-state index in [2.05, 4.69) is 30.7 Å². The van der Waals surface area contributed by atoms with Gasteiger partial charge in [0.2, 0.25) is 0 Å². The Hall–Kier alpha value is -0.340. The van der Waals surface area contributed by atoms with Crippen molar-refractivity contribution in [1.29, 1.82) is 0 Å². The topological polar surface area (TPSA) is 12.0 Å². The van der Waals surface area contributed by atoms with Crippen LogP contribution in [-0.4, -0.2) is 13.1 Å². The fourth-order valence-electron chi connectivity index (χ4n) is 4.31. The molecule has 2 aliphatic rings. The molecule has 1 aromatic rings. The van der Waals surface area contributed by atoms with Gasteiger partial charge in [-0.05, 0) is 68.0 Å². The van der Waals surface area contributed by atoms with E-state index in [0.717, 1.165) is 17.8 Å². The second kappa shape index (κ2) is 5.97. The fourth-order valence-corrected chi connectivity index (χ4v) is 5.30. The summed E-state index contributed by atoms with van der Waals surface area (Å²) < 4.78 is 0. The molecule has 1 nitrogen and oxygen atoms in total. The molecule has 0 saturated heterocycles. The Kier molecular flexibility index (Phi) is 4.28. The molecule has 1 saturated carbocycles. The summed E-state index contributed by atoms with van der Waals surface area (Å²) in [6, 6.07) is 3.11. The van der Waals surface area contributed by atoms with Crippen molar-refractivity contribution in [2.75, 3.05) is 7.05 Å². The summed E-state index contributed by atoms with van der Waals surface area (Å²) in [5, 5.41) is 6.00. The first-order chi connectivity index (χ1) is 9.29. The molecule has 2 atom stereocenters. The Labute approximate surface area is 121 Å². The van der Waals surface area contributed by atoms with Crippen molar-refractivity contribution in [1.82, 2.24) is 5.32 Å². The van der Waals surface area contributed by atoms with Crippen LogP contribution in [-0.2, 0) is 6.42 Å². The van der Waals surface area contributed by atoms with Gasteiger partial charge in [-0.25, -0.2) is 0 Å². The van der Waals surface area contributed by atoms with Gasteiger partial charge in [-0.3, -0.25) is 0 Å². The number of nitrogens with one attached hydrogen (secondary N) is 1. The van der Waals surface area contributed by atoms with Crippen molar-refractivity contribution < 1.29 is 0 Å². The standard InChI is InChI=1S/C17H27NS/c1-12-6-8-13(9-7-12)17(18-2)15-4-3-5-16-14(15)10-11-19-16/h10-13,15,17-18H,3-9H2,1-2H3. The molecule has 0 aliphatic heterocycles. The molecule has 1 heterocycles. The Morgan fingerprint density at radius 1 is 1.21 bits per heavy atom. The SMILES string of the molecule is CNC(C1CCC(C)CC1)C1CCCc2sccc21. The first kappa shape index (κ1) is 13.6. The van der Waals surface area contributed by atoms with Gasteiger partial charge in [-0.2, -0.15) is 0 Å². The second-order valence-corrected chi connectivity index (χ2v) is 7.63. The van der Waals surface area contributed by atoms with E-state index >= 15 is 0 Å². The number of likely N-dealkylation sites (N-methyl/N-ethyl adjacent to an activating group) is 1. The van der Waals surface area contributed by atoms with Crippen LogP contribution in [0.1, 0.15) is 61.8 Å². The van der Waals surface area contributed by atoms with Crippen LogP contribution in [0, 0.1) is 11.8 Å². The largest absolute Gasteiger partial charge is 0.316 e. The van der Waals surface area contributed by atoms with Gasteiger partial charge >= 0.3 is 0 Å². The van der Waals surface area contributed by atoms with E-state index in [1.54, 1.807) is 10.4 Å². The molecule has 0 aromatic carbocycles. The molecule has 2 aliphatic carbocycles. The average molecular weight is 277 g/mol. The highest BCUT2D eigenvalue weighted by molar-refractivity contribution is 7.10. The Bertz CT molecular complexity index is 403. The average Bonchev–Trinajstić information content (AvgIpc) is 2.91. The van der Waals surface area contributed by atoms with E-state index in [0.29, 0.717) is 6.04 Å². The minimum absolute atomic E-state index is 0.709. The molecule has 0 radical (unpaired) electrons. The van der Waals surface area contributed by atoms with Crippen molar-refractivity contribution in [2.45, 2.75) is 63.8 Å². The van der Waals surface area contributed by atoms with Crippen LogP contribution in [0.15, 0.2) is 11.4 Å². The number of rotatable bonds is 3. The molecule has 1 N–H and O–H groups in total. The lowest BCUT2D eigenvalue weighted by Crippen LogP contribution is -2.41. The molecule has 1 aromatic heterocycles. The lowest BCUT2D eigenvalue weighted by molar-refractivity contribution is 0.208. The van der Waals surface area contributed by atoms with Crippen molar-refractivity contribution >= 4 is 11.3 Å². The van der Waals surface area contributed by atoms with Crippen molar-refractivity contribution in [3.05, 3.63) is 21.9 Å². The van der Waals surface area contributed by atoms with Gasteiger partial charge in [-0.15, -0.1) is 11.3 Å². The second-order valence-electron chi connectivity index (χ2n) is 6.63. The van der Waals surface area contributed by atoms with Crippen LogP contribution in [0.25, 0.3) is 0 Å². The number of aryl methyl sites for hydroxylation is 1. The molecule has 2 unspecified atom stereocenters. The van der Waals surface area contributed by atoms with Crippen LogP contribution in [0.3, 0.4) is 0 Å². The third kappa shape index (κ3) is 2.75. The maximum atomic E-state index is 3.69. The highest BCUT2D eigenvalue weighted by atomic mass is 32.1. The molecule has 0 bridgehead atoms. The van der Waals surface area contributed by atoms with Crippen LogP contribution in [0.5, 0.6) is 0 Å². The highest BCUT2D eigenvalue weighted by Gasteiger charge is 2.34. The van der Waals surface area contributed by atoms with Gasteiger partial charge in [-0.1, -0.05) is 19.8 Å². The smallest absolute Gasteiger partial charge is 0.0161 e. The van der Waals surface area contributed by atoms with Gasteiger partial charge in [0, 0.05) is 16.8 Å². The summed E-state index contributed by atoms with van der Waals surface area (Å²) in [5.74, 6) is 2.63. The number of hydrogen-bond acceptors (Lipinski definition) is 2. The summed E-state index contributed by atoms with van der Waals surface area (Å²) in [6.07, 6.45) is 9.84. The molecule has 3 rings (SSSR count). The summed E-state index contributed by atoms with van der Waals surface area (Å²) in [6.45, 7) is 2.42. The van der Waals surface area contributed by atoms with Crippen LogP contribution < -0.4 is 5.32 Å². The number of thiophene rings is 1. The van der Waals surface area contributed by atoms with E-state index in [1.807, 2.05) is 11.3 Å². The zero-order valence-corrected chi connectivity index (χ0v) is 13.1. The predicted octanol–water partition coefficient (Wildman–Crippen LogP) is 4.58. The van der Waals surface area contributed by atoms with Gasteiger partial charge in [0.1, 0.15) is 0 Å². The minimum atomic E-state index is 0.709. The summed E-state index contributed by atoms with van der Waals surface area (Å²) in [4.78, 5) is 1.67. The maximum absolute atomic E-state index is 3.69. The molecule has 19 heavy (non-hydrogen) atoms. The van der Waals surface area contributed by atoms with E-state index in [4.69, 9.17) is 0 Å². The molecular formula is C17H27NS. The van der Waals surface area contributed by atoms with Gasteiger partial charge in [0.25, 0.3) is 0 Å². The van der Waals surface area contributed by atoms with Gasteiger partial charge in [0.15, 0.2) is 0 Å². The normalized spacial score (nSPS) is 32.8. The van der Waals surface area contributed by atoms with Crippen LogP contribution in [0.4, 0.5) is 0 Å². The minimum Gasteiger partial charge on any atom is -0.316 e. The Morgan fingerprint density at radius 2 is 2.00 bits per heavy atom. The van der Waals surface area contributed by atoms with Crippen LogP contribution >= 0.6 is 11.3 Å². The highest BCUT2D eigenvalue weighted by Crippen LogP contribution is 2.42. The first-order valence-electron chi connectivity index (χ1n) is 8.03. The lowest BCUT2D eigenvalue weighted by Gasteiger charge is -2.39. The van der Waals surface area contributed by atoms with Crippen molar-refractivity contribution in [3.63, 3.8) is 0 Å². The van der Waals surface area contributed by atoms with Crippen LogP contribution in [0.2, 0.25) is 0 Å². The summed E-state index contributed by atoms with van der Waals surface area (Å²) >= 11 is 1.98. The molecule has 2 heteroatoms. The van der Waals surface area contributed by atoms with Crippen molar-refractivity contribution in [2.24, 2.45) is 11.8 Å².